The van der Waals surface area contributed by atoms with Gasteiger partial charge in [0.1, 0.15) is 18.1 Å². The van der Waals surface area contributed by atoms with Gasteiger partial charge in [0.05, 0.1) is 12.2 Å². The summed E-state index contributed by atoms with van der Waals surface area (Å²) < 4.78 is 10.3. The highest BCUT2D eigenvalue weighted by Crippen LogP contribution is 2.25. The lowest BCUT2D eigenvalue weighted by atomic mass is 10.1. The van der Waals surface area contributed by atoms with Crippen LogP contribution in [-0.4, -0.2) is 37.4 Å². The van der Waals surface area contributed by atoms with Crippen LogP contribution in [0.5, 0.6) is 11.5 Å². The van der Waals surface area contributed by atoms with Crippen molar-refractivity contribution in [1.29, 1.82) is 0 Å². The van der Waals surface area contributed by atoms with E-state index < -0.39 is 0 Å². The van der Waals surface area contributed by atoms with Crippen LogP contribution in [-0.2, 0) is 4.74 Å². The first-order valence-corrected chi connectivity index (χ1v) is 5.96. The van der Waals surface area contributed by atoms with Gasteiger partial charge in [0, 0.05) is 13.2 Å². The third-order valence-electron chi connectivity index (χ3n) is 2.67. The Morgan fingerprint density at radius 1 is 1.44 bits per heavy atom. The fourth-order valence-electron chi connectivity index (χ4n) is 1.55. The maximum Gasteiger partial charge on any atom is 0.255 e. The summed E-state index contributed by atoms with van der Waals surface area (Å²) >= 11 is 0. The number of aromatic hydroxyl groups is 1. The number of hydrogen-bond donors (Lipinski definition) is 2. The monoisotopic (exact) mass is 251 g/mol. The normalized spacial score (nSPS) is 14.3. The highest BCUT2D eigenvalue weighted by Gasteiger charge is 2.25. The summed E-state index contributed by atoms with van der Waals surface area (Å²) in [5.41, 5.74) is 0.359. The summed E-state index contributed by atoms with van der Waals surface area (Å²) in [7, 11) is 1.58. The maximum absolute atomic E-state index is 12.0. The van der Waals surface area contributed by atoms with E-state index >= 15 is 0 Å². The summed E-state index contributed by atoms with van der Waals surface area (Å²) in [5, 5.41) is 12.3. The van der Waals surface area contributed by atoms with Gasteiger partial charge >= 0.3 is 0 Å². The fourth-order valence-corrected chi connectivity index (χ4v) is 1.55. The van der Waals surface area contributed by atoms with E-state index in [9.17, 15) is 9.90 Å². The number of phenolic OH excluding ortho intramolecular Hbond substituents is 1. The molecule has 0 heterocycles. The van der Waals surface area contributed by atoms with Crippen LogP contribution in [0.1, 0.15) is 23.2 Å². The molecule has 2 N–H and O–H groups in total. The minimum Gasteiger partial charge on any atom is -0.508 e. The molecule has 0 unspecified atom stereocenters. The minimum absolute atomic E-state index is 0.0510. The highest BCUT2D eigenvalue weighted by molar-refractivity contribution is 5.97. The number of hydrogen-bond acceptors (Lipinski definition) is 4. The molecule has 2 rings (SSSR count). The molecule has 5 nitrogen and oxygen atoms in total. The van der Waals surface area contributed by atoms with Gasteiger partial charge in [-0.1, -0.05) is 0 Å². The van der Waals surface area contributed by atoms with Crippen molar-refractivity contribution in [3.63, 3.8) is 0 Å². The largest absolute Gasteiger partial charge is 0.508 e. The summed E-state index contributed by atoms with van der Waals surface area (Å²) in [6.45, 7) is 0.815. The van der Waals surface area contributed by atoms with Crippen molar-refractivity contribution in [2.75, 3.05) is 20.3 Å². The molecule has 1 aliphatic rings. The van der Waals surface area contributed by atoms with Gasteiger partial charge in [-0.05, 0) is 31.0 Å². The lowest BCUT2D eigenvalue weighted by Crippen LogP contribution is -2.26. The average Bonchev–Trinajstić information content (AvgIpc) is 3.15. The lowest BCUT2D eigenvalue weighted by Gasteiger charge is -2.11. The third-order valence-corrected chi connectivity index (χ3v) is 2.67. The third kappa shape index (κ3) is 3.37. The smallest absolute Gasteiger partial charge is 0.255 e. The number of nitrogens with one attached hydrogen (secondary N) is 1. The molecule has 0 radical (unpaired) electrons. The molecule has 98 valence electrons. The van der Waals surface area contributed by atoms with Gasteiger partial charge in [0.15, 0.2) is 0 Å². The molecule has 1 amide bonds. The molecule has 18 heavy (non-hydrogen) atoms. The molecular formula is C13H17NO4. The van der Waals surface area contributed by atoms with Crippen molar-refractivity contribution in [3.05, 3.63) is 23.8 Å². The Morgan fingerprint density at radius 2 is 2.22 bits per heavy atom. The van der Waals surface area contributed by atoms with E-state index in [2.05, 4.69) is 5.32 Å². The predicted molar refractivity (Wildman–Crippen MR) is 66.0 cm³/mol. The fraction of sp³-hybridized carbons (Fsp3) is 0.462. The number of carbonyl (C=O) groups excluding carboxylic acids is 1. The van der Waals surface area contributed by atoms with Crippen molar-refractivity contribution in [2.24, 2.45) is 0 Å². The summed E-state index contributed by atoms with van der Waals surface area (Å²) in [6.07, 6.45) is 2.04. The van der Waals surface area contributed by atoms with E-state index in [0.29, 0.717) is 24.5 Å². The Bertz CT molecular complexity index is 429. The number of rotatable bonds is 6. The molecule has 1 saturated carbocycles. The molecule has 5 heteroatoms. The van der Waals surface area contributed by atoms with Crippen molar-refractivity contribution >= 4 is 5.91 Å². The van der Waals surface area contributed by atoms with Crippen molar-refractivity contribution < 1.29 is 19.4 Å². The van der Waals surface area contributed by atoms with Crippen LogP contribution in [0.25, 0.3) is 0 Å². The molecule has 1 aliphatic carbocycles. The van der Waals surface area contributed by atoms with E-state index in [4.69, 9.17) is 9.47 Å². The Morgan fingerprint density at radius 3 is 2.89 bits per heavy atom. The van der Waals surface area contributed by atoms with Gasteiger partial charge in [-0.2, -0.15) is 0 Å². The van der Waals surface area contributed by atoms with Crippen LogP contribution < -0.4 is 10.1 Å². The Kier molecular flexibility index (Phi) is 4.04. The second kappa shape index (κ2) is 5.73. The van der Waals surface area contributed by atoms with Crippen LogP contribution in [0, 0.1) is 0 Å². The Labute approximate surface area is 106 Å². The van der Waals surface area contributed by atoms with Crippen molar-refractivity contribution in [3.8, 4) is 11.5 Å². The van der Waals surface area contributed by atoms with Gasteiger partial charge in [0.25, 0.3) is 5.91 Å². The molecule has 1 aromatic carbocycles. The first kappa shape index (κ1) is 12.7. The number of phenols is 1. The minimum atomic E-state index is -0.208. The number of carbonyl (C=O) groups is 1. The van der Waals surface area contributed by atoms with E-state index in [1.165, 1.54) is 12.1 Å². The molecule has 0 bridgehead atoms. The quantitative estimate of drug-likeness (QED) is 0.748. The highest BCUT2D eigenvalue weighted by atomic mass is 16.5. The Hall–Kier alpha value is -1.75. The summed E-state index contributed by atoms with van der Waals surface area (Å²) in [4.78, 5) is 12.0. The first-order valence-electron chi connectivity index (χ1n) is 5.96. The Balaban J connectivity index is 2.08. The zero-order valence-electron chi connectivity index (χ0n) is 10.3. The zero-order chi connectivity index (χ0) is 13.0. The molecule has 0 atom stereocenters. The van der Waals surface area contributed by atoms with Gasteiger partial charge in [-0.15, -0.1) is 0 Å². The van der Waals surface area contributed by atoms with Crippen molar-refractivity contribution in [1.82, 2.24) is 5.32 Å². The van der Waals surface area contributed by atoms with E-state index in [1.807, 2.05) is 0 Å². The van der Waals surface area contributed by atoms with Crippen LogP contribution >= 0.6 is 0 Å². The number of benzene rings is 1. The van der Waals surface area contributed by atoms with Gasteiger partial charge in [0.2, 0.25) is 0 Å². The topological polar surface area (TPSA) is 67.8 Å². The summed E-state index contributed by atoms with van der Waals surface area (Å²) in [5.74, 6) is 0.304. The molecular weight excluding hydrogens is 234 g/mol. The molecule has 0 aromatic heterocycles. The van der Waals surface area contributed by atoms with E-state index in [-0.39, 0.29) is 17.7 Å². The second-order valence-electron chi connectivity index (χ2n) is 4.27. The predicted octanol–water partition coefficient (Wildman–Crippen LogP) is 1.31. The van der Waals surface area contributed by atoms with E-state index in [0.717, 1.165) is 12.8 Å². The number of ether oxygens (including phenoxy) is 2. The van der Waals surface area contributed by atoms with Crippen molar-refractivity contribution in [2.45, 2.75) is 18.9 Å². The molecule has 1 aromatic rings. The molecule has 0 saturated heterocycles. The average molecular weight is 251 g/mol. The first-order chi connectivity index (χ1) is 8.70. The lowest BCUT2D eigenvalue weighted by molar-refractivity contribution is 0.0943. The molecule has 0 aliphatic heterocycles. The SMILES string of the molecule is COCCOc1ccc(O)cc1C(=O)NC1CC1. The second-order valence-corrected chi connectivity index (χ2v) is 4.27. The molecule has 0 spiro atoms. The van der Waals surface area contributed by atoms with Crippen LogP contribution in [0.15, 0.2) is 18.2 Å². The van der Waals surface area contributed by atoms with Gasteiger partial charge in [-0.3, -0.25) is 4.79 Å². The van der Waals surface area contributed by atoms with Gasteiger partial charge in [-0.25, -0.2) is 0 Å². The van der Waals surface area contributed by atoms with Gasteiger partial charge < -0.3 is 19.9 Å². The standard InChI is InChI=1S/C13H17NO4/c1-17-6-7-18-12-5-4-10(15)8-11(12)13(16)14-9-2-3-9/h4-5,8-9,15H,2-3,6-7H2,1H3,(H,14,16). The maximum atomic E-state index is 12.0. The van der Waals surface area contributed by atoms with Crippen LogP contribution in [0.3, 0.4) is 0 Å². The van der Waals surface area contributed by atoms with E-state index in [1.54, 1.807) is 13.2 Å². The number of amides is 1. The molecule has 1 fully saturated rings. The number of methoxy groups -OCH3 is 1. The van der Waals surface area contributed by atoms with Crippen LogP contribution in [0.4, 0.5) is 0 Å². The zero-order valence-corrected chi connectivity index (χ0v) is 10.3. The van der Waals surface area contributed by atoms with Crippen LogP contribution in [0.2, 0.25) is 0 Å². The summed E-state index contributed by atoms with van der Waals surface area (Å²) in [6, 6.07) is 4.77.